The monoisotopic (exact) mass is 397 g/mol. The minimum absolute atomic E-state index is 0.0446. The summed E-state index contributed by atoms with van der Waals surface area (Å²) in [6.45, 7) is 0.195. The molecule has 6 nitrogen and oxygen atoms in total. The van der Waals surface area contributed by atoms with Gasteiger partial charge in [-0.3, -0.25) is 10.2 Å². The van der Waals surface area contributed by atoms with Crippen molar-refractivity contribution >= 4 is 45.7 Å². The van der Waals surface area contributed by atoms with E-state index >= 15 is 0 Å². The number of nitrogens with zero attached hydrogens (tertiary/aromatic N) is 2. The van der Waals surface area contributed by atoms with Crippen molar-refractivity contribution in [3.05, 3.63) is 63.5 Å². The van der Waals surface area contributed by atoms with E-state index in [0.717, 1.165) is 16.3 Å². The summed E-state index contributed by atoms with van der Waals surface area (Å²) in [5, 5.41) is 32.3. The SMILES string of the molecule is N=C1C(c2nc(-c3cccs3)cs2)=C(O)CN1c1ccc(CC(=O)O)cc1. The van der Waals surface area contributed by atoms with Crippen LogP contribution in [0.25, 0.3) is 16.1 Å². The van der Waals surface area contributed by atoms with Crippen molar-refractivity contribution in [1.82, 2.24) is 4.98 Å². The molecule has 0 aliphatic carbocycles. The Morgan fingerprint density at radius 1 is 1.22 bits per heavy atom. The van der Waals surface area contributed by atoms with Crippen molar-refractivity contribution in [2.45, 2.75) is 6.42 Å². The Morgan fingerprint density at radius 3 is 2.67 bits per heavy atom. The number of benzene rings is 1. The maximum absolute atomic E-state index is 10.8. The van der Waals surface area contributed by atoms with Crippen LogP contribution in [0.3, 0.4) is 0 Å². The van der Waals surface area contributed by atoms with Crippen LogP contribution in [0.15, 0.2) is 52.9 Å². The highest BCUT2D eigenvalue weighted by molar-refractivity contribution is 7.14. The van der Waals surface area contributed by atoms with Crippen LogP contribution in [0.1, 0.15) is 10.6 Å². The van der Waals surface area contributed by atoms with E-state index in [9.17, 15) is 9.90 Å². The Bertz CT molecular complexity index is 1040. The zero-order valence-corrected chi connectivity index (χ0v) is 15.7. The second-order valence-electron chi connectivity index (χ2n) is 6.01. The van der Waals surface area contributed by atoms with E-state index in [0.29, 0.717) is 16.1 Å². The lowest BCUT2D eigenvalue weighted by molar-refractivity contribution is -0.136. The molecular formula is C19H15N3O3S2. The van der Waals surface area contributed by atoms with Crippen LogP contribution in [0, 0.1) is 5.41 Å². The second-order valence-corrected chi connectivity index (χ2v) is 7.81. The van der Waals surface area contributed by atoms with Crippen LogP contribution < -0.4 is 4.90 Å². The lowest BCUT2D eigenvalue weighted by Gasteiger charge is -2.18. The summed E-state index contributed by atoms with van der Waals surface area (Å²) < 4.78 is 0. The van der Waals surface area contributed by atoms with Gasteiger partial charge in [-0.25, -0.2) is 4.98 Å². The number of rotatable bonds is 5. The lowest BCUT2D eigenvalue weighted by atomic mass is 10.1. The Morgan fingerprint density at radius 2 is 2.00 bits per heavy atom. The maximum Gasteiger partial charge on any atom is 0.307 e. The molecule has 2 aromatic heterocycles. The molecule has 0 atom stereocenters. The zero-order valence-electron chi connectivity index (χ0n) is 14.0. The molecule has 0 spiro atoms. The van der Waals surface area contributed by atoms with Gasteiger partial charge in [-0.2, -0.15) is 0 Å². The van der Waals surface area contributed by atoms with Gasteiger partial charge in [-0.15, -0.1) is 22.7 Å². The third kappa shape index (κ3) is 3.36. The molecule has 3 N–H and O–H groups in total. The predicted molar refractivity (Wildman–Crippen MR) is 108 cm³/mol. The van der Waals surface area contributed by atoms with Crippen molar-refractivity contribution < 1.29 is 15.0 Å². The smallest absolute Gasteiger partial charge is 0.307 e. The van der Waals surface area contributed by atoms with Crippen molar-refractivity contribution in [3.8, 4) is 10.6 Å². The number of carboxylic acids is 1. The quantitative estimate of drug-likeness (QED) is 0.597. The number of aliphatic hydroxyl groups is 1. The third-order valence-electron chi connectivity index (χ3n) is 4.20. The normalized spacial score (nSPS) is 14.2. The number of carbonyl (C=O) groups is 1. The van der Waals surface area contributed by atoms with Gasteiger partial charge in [0.2, 0.25) is 0 Å². The van der Waals surface area contributed by atoms with Crippen LogP contribution >= 0.6 is 22.7 Å². The molecule has 1 aromatic carbocycles. The average Bonchev–Trinajstić information content (AvgIpc) is 3.35. The second kappa shape index (κ2) is 6.98. The fraction of sp³-hybridized carbons (Fsp3) is 0.105. The van der Waals surface area contributed by atoms with Crippen LogP contribution in [0.2, 0.25) is 0 Å². The van der Waals surface area contributed by atoms with E-state index in [4.69, 9.17) is 10.5 Å². The largest absolute Gasteiger partial charge is 0.510 e. The minimum Gasteiger partial charge on any atom is -0.510 e. The van der Waals surface area contributed by atoms with Crippen LogP contribution in [-0.2, 0) is 11.2 Å². The molecule has 0 saturated carbocycles. The number of thiazole rings is 1. The number of hydrogen-bond acceptors (Lipinski definition) is 6. The van der Waals surface area contributed by atoms with Crippen molar-refractivity contribution in [2.24, 2.45) is 0 Å². The highest BCUT2D eigenvalue weighted by Gasteiger charge is 2.31. The first kappa shape index (κ1) is 17.4. The minimum atomic E-state index is -0.886. The molecule has 1 aliphatic rings. The lowest BCUT2D eigenvalue weighted by Crippen LogP contribution is -2.26. The summed E-state index contributed by atoms with van der Waals surface area (Å²) in [6, 6.07) is 10.9. The van der Waals surface area contributed by atoms with Gasteiger partial charge < -0.3 is 15.1 Å². The molecule has 27 heavy (non-hydrogen) atoms. The van der Waals surface area contributed by atoms with E-state index in [-0.39, 0.29) is 24.6 Å². The molecule has 0 saturated heterocycles. The highest BCUT2D eigenvalue weighted by Crippen LogP contribution is 2.35. The van der Waals surface area contributed by atoms with Crippen LogP contribution in [0.4, 0.5) is 5.69 Å². The Labute approximate surface area is 163 Å². The van der Waals surface area contributed by atoms with E-state index < -0.39 is 5.97 Å². The predicted octanol–water partition coefficient (Wildman–Crippen LogP) is 4.27. The van der Waals surface area contributed by atoms with Crippen LogP contribution in [0.5, 0.6) is 0 Å². The van der Waals surface area contributed by atoms with E-state index in [1.807, 2.05) is 22.9 Å². The van der Waals surface area contributed by atoms with Gasteiger partial charge >= 0.3 is 5.97 Å². The number of amidine groups is 1. The molecule has 0 bridgehead atoms. The molecule has 4 rings (SSSR count). The topological polar surface area (TPSA) is 97.5 Å². The molecule has 136 valence electrons. The number of hydrogen-bond donors (Lipinski definition) is 3. The molecule has 0 unspecified atom stereocenters. The van der Waals surface area contributed by atoms with Crippen LogP contribution in [-0.4, -0.2) is 33.5 Å². The average molecular weight is 397 g/mol. The first-order chi connectivity index (χ1) is 13.0. The van der Waals surface area contributed by atoms with Gasteiger partial charge in [-0.1, -0.05) is 18.2 Å². The number of aliphatic hydroxyl groups excluding tert-OH is 1. The van der Waals surface area contributed by atoms with Gasteiger partial charge in [0, 0.05) is 11.1 Å². The number of thiophene rings is 1. The van der Waals surface area contributed by atoms with Gasteiger partial charge in [-0.05, 0) is 29.1 Å². The van der Waals surface area contributed by atoms with Gasteiger partial charge in [0.25, 0.3) is 0 Å². The highest BCUT2D eigenvalue weighted by atomic mass is 32.1. The van der Waals surface area contributed by atoms with Crippen molar-refractivity contribution in [2.75, 3.05) is 11.4 Å². The zero-order chi connectivity index (χ0) is 19.0. The number of aliphatic carboxylic acids is 1. The summed E-state index contributed by atoms with van der Waals surface area (Å²) in [5.41, 5.74) is 2.70. The first-order valence-corrected chi connectivity index (χ1v) is 9.88. The van der Waals surface area contributed by atoms with E-state index in [1.54, 1.807) is 40.5 Å². The van der Waals surface area contributed by atoms with Crippen molar-refractivity contribution in [3.63, 3.8) is 0 Å². The molecule has 0 fully saturated rings. The molecule has 3 aromatic rings. The van der Waals surface area contributed by atoms with E-state index in [2.05, 4.69) is 4.98 Å². The summed E-state index contributed by atoms with van der Waals surface area (Å²) in [6.07, 6.45) is -0.0446. The number of anilines is 1. The molecule has 0 radical (unpaired) electrons. The fourth-order valence-corrected chi connectivity index (χ4v) is 4.57. The number of carboxylic acid groups (broad SMARTS) is 1. The van der Waals surface area contributed by atoms with Gasteiger partial charge in [0.05, 0.1) is 29.1 Å². The molecule has 3 heterocycles. The van der Waals surface area contributed by atoms with Gasteiger partial charge in [0.15, 0.2) is 0 Å². The molecular weight excluding hydrogens is 382 g/mol. The summed E-state index contributed by atoms with van der Waals surface area (Å²) in [7, 11) is 0. The number of nitrogens with one attached hydrogen (secondary N) is 1. The first-order valence-electron chi connectivity index (χ1n) is 8.12. The Hall–Kier alpha value is -2.97. The third-order valence-corrected chi connectivity index (χ3v) is 5.95. The molecule has 8 heteroatoms. The number of aromatic nitrogens is 1. The Balaban J connectivity index is 1.57. The summed E-state index contributed by atoms with van der Waals surface area (Å²) in [5.74, 6) is -0.587. The summed E-state index contributed by atoms with van der Waals surface area (Å²) >= 11 is 3.00. The molecule has 0 amide bonds. The fourth-order valence-electron chi connectivity index (χ4n) is 2.92. The molecule has 1 aliphatic heterocycles. The standard InChI is InChI=1S/C19H15N3O3S2/c20-18-17(19-21-13(10-27-19)15-2-1-7-26-15)14(23)9-22(18)12-5-3-11(4-6-12)8-16(24)25/h1-7,10,20,23H,8-9H2,(H,24,25). The summed E-state index contributed by atoms with van der Waals surface area (Å²) in [4.78, 5) is 18.1. The van der Waals surface area contributed by atoms with E-state index in [1.165, 1.54) is 11.3 Å². The van der Waals surface area contributed by atoms with Crippen molar-refractivity contribution in [1.29, 1.82) is 5.41 Å². The Kier molecular flexibility index (Phi) is 4.51. The maximum atomic E-state index is 10.8. The van der Waals surface area contributed by atoms with Gasteiger partial charge in [0.1, 0.15) is 16.6 Å².